The highest BCUT2D eigenvalue weighted by Crippen LogP contribution is 2.16. The molecular weight excluding hydrogens is 240 g/mol. The van der Waals surface area contributed by atoms with Crippen molar-refractivity contribution in [3.63, 3.8) is 0 Å². The van der Waals surface area contributed by atoms with Gasteiger partial charge >= 0.3 is 0 Å². The minimum absolute atomic E-state index is 0.359. The lowest BCUT2D eigenvalue weighted by molar-refractivity contribution is 0.295. The molecule has 0 spiro atoms. The van der Waals surface area contributed by atoms with Gasteiger partial charge in [0.2, 0.25) is 0 Å². The first-order chi connectivity index (χ1) is 8.28. The van der Waals surface area contributed by atoms with Crippen LogP contribution in [0.25, 0.3) is 0 Å². The predicted octanol–water partition coefficient (Wildman–Crippen LogP) is 1.35. The Morgan fingerprint density at radius 2 is 2.24 bits per heavy atom. The Bertz CT molecular complexity index is 425. The van der Waals surface area contributed by atoms with Crippen LogP contribution in [-0.4, -0.2) is 39.9 Å². The fourth-order valence-corrected chi connectivity index (χ4v) is 2.02. The number of rotatable bonds is 3. The molecule has 0 atom stereocenters. The second-order valence-electron chi connectivity index (χ2n) is 3.93. The van der Waals surface area contributed by atoms with Crippen molar-refractivity contribution in [2.24, 2.45) is 0 Å². The van der Waals surface area contributed by atoms with E-state index < -0.39 is 0 Å². The van der Waals surface area contributed by atoms with Crippen molar-refractivity contribution in [3.8, 4) is 0 Å². The lowest BCUT2D eigenvalue weighted by Gasteiger charge is -2.30. The largest absolute Gasteiger partial charge is 0.368 e. The van der Waals surface area contributed by atoms with E-state index in [2.05, 4.69) is 15.3 Å². The van der Waals surface area contributed by atoms with Crippen molar-refractivity contribution in [2.75, 3.05) is 18.4 Å². The third-order valence-electron chi connectivity index (χ3n) is 2.75. The van der Waals surface area contributed by atoms with Crippen molar-refractivity contribution in [3.05, 3.63) is 23.7 Å². The number of likely N-dealkylation sites (tertiary alicyclic amines) is 1. The normalized spacial score (nSPS) is 16.4. The monoisotopic (exact) mass is 252 g/mol. The predicted molar refractivity (Wildman–Crippen MR) is 65.5 cm³/mol. The Labute approximate surface area is 105 Å². The summed E-state index contributed by atoms with van der Waals surface area (Å²) in [6.07, 6.45) is 4.83. The summed E-state index contributed by atoms with van der Waals surface area (Å²) in [5.41, 5.74) is 0. The summed E-state index contributed by atoms with van der Waals surface area (Å²) in [7, 11) is 0. The molecule has 2 rings (SSSR count). The van der Waals surface area contributed by atoms with Crippen LogP contribution in [0.15, 0.2) is 18.6 Å². The van der Waals surface area contributed by atoms with E-state index in [0.717, 1.165) is 31.7 Å². The van der Waals surface area contributed by atoms with Crippen LogP contribution in [0, 0.1) is 0 Å². The molecule has 0 amide bonds. The first-order valence-electron chi connectivity index (χ1n) is 5.47. The fourth-order valence-electron chi connectivity index (χ4n) is 1.87. The highest BCUT2D eigenvalue weighted by Gasteiger charge is 2.17. The van der Waals surface area contributed by atoms with Crippen molar-refractivity contribution in [1.82, 2.24) is 14.9 Å². The summed E-state index contributed by atoms with van der Waals surface area (Å²) in [5, 5.41) is 3.74. The molecule has 0 unspecified atom stereocenters. The maximum atomic E-state index is 10.2. The molecule has 90 valence electrons. The molecule has 1 aliphatic heterocycles. The van der Waals surface area contributed by atoms with E-state index in [1.165, 1.54) is 12.5 Å². The highest BCUT2D eigenvalue weighted by molar-refractivity contribution is 6.29. The molecule has 0 saturated carbocycles. The molecule has 1 aromatic heterocycles. The number of anilines is 1. The summed E-state index contributed by atoms with van der Waals surface area (Å²) >= 11 is 5.78. The minimum Gasteiger partial charge on any atom is -0.368 e. The van der Waals surface area contributed by atoms with Gasteiger partial charge in [-0.3, -0.25) is 0 Å². The first-order valence-corrected chi connectivity index (χ1v) is 5.85. The molecule has 1 N–H and O–H groups in total. The van der Waals surface area contributed by atoms with E-state index in [4.69, 9.17) is 11.6 Å². The number of nitrogens with one attached hydrogen (secondary N) is 1. The molecule has 5 nitrogen and oxygen atoms in total. The summed E-state index contributed by atoms with van der Waals surface area (Å²) in [6.45, 7) is 1.71. The van der Waals surface area contributed by atoms with E-state index >= 15 is 0 Å². The number of aromatic nitrogens is 2. The van der Waals surface area contributed by atoms with Crippen LogP contribution in [0.4, 0.5) is 5.82 Å². The van der Waals surface area contributed by atoms with Gasteiger partial charge in [0.15, 0.2) is 0 Å². The molecule has 1 fully saturated rings. The highest BCUT2D eigenvalue weighted by atomic mass is 35.5. The zero-order valence-corrected chi connectivity index (χ0v) is 10.0. The van der Waals surface area contributed by atoms with E-state index in [9.17, 15) is 4.79 Å². The second-order valence-corrected chi connectivity index (χ2v) is 4.31. The Hall–Kier alpha value is -1.58. The van der Waals surface area contributed by atoms with Crippen LogP contribution in [0.3, 0.4) is 0 Å². The molecule has 0 aliphatic carbocycles. The van der Waals surface area contributed by atoms with Crippen LogP contribution in [0.1, 0.15) is 12.8 Å². The van der Waals surface area contributed by atoms with Crippen LogP contribution in [0.5, 0.6) is 0 Å². The van der Waals surface area contributed by atoms with Gasteiger partial charge in [0, 0.05) is 25.2 Å². The van der Waals surface area contributed by atoms with Gasteiger partial charge in [-0.05, 0) is 12.8 Å². The zero-order valence-electron chi connectivity index (χ0n) is 9.27. The molecule has 2 heterocycles. The average molecular weight is 253 g/mol. The molecule has 0 bridgehead atoms. The molecule has 6 heteroatoms. The number of hydrogen-bond donors (Lipinski definition) is 1. The van der Waals surface area contributed by atoms with Gasteiger partial charge in [-0.2, -0.15) is 0 Å². The van der Waals surface area contributed by atoms with Gasteiger partial charge in [0.25, 0.3) is 0 Å². The van der Waals surface area contributed by atoms with Crippen molar-refractivity contribution in [2.45, 2.75) is 18.9 Å². The van der Waals surface area contributed by atoms with Gasteiger partial charge in [0.05, 0.1) is 6.20 Å². The average Bonchev–Trinajstić information content (AvgIpc) is 2.32. The van der Waals surface area contributed by atoms with Gasteiger partial charge in [-0.1, -0.05) is 11.6 Å². The maximum Gasteiger partial charge on any atom is 0.142 e. The van der Waals surface area contributed by atoms with E-state index in [-0.39, 0.29) is 0 Å². The third-order valence-corrected chi connectivity index (χ3v) is 2.96. The van der Waals surface area contributed by atoms with Crippen LogP contribution >= 0.6 is 11.6 Å². The Balaban J connectivity index is 1.88. The van der Waals surface area contributed by atoms with Gasteiger partial charge in [0.1, 0.15) is 23.2 Å². The van der Waals surface area contributed by atoms with Crippen molar-refractivity contribution >= 4 is 23.4 Å². The van der Waals surface area contributed by atoms with Crippen molar-refractivity contribution < 1.29 is 4.79 Å². The number of nitrogens with zero attached hydrogens (tertiary/aromatic N) is 3. The molecule has 1 aromatic rings. The fraction of sp³-hybridized carbons (Fsp3) is 0.455. The minimum atomic E-state index is 0.359. The lowest BCUT2D eigenvalue weighted by atomic mass is 10.1. The van der Waals surface area contributed by atoms with Crippen LogP contribution < -0.4 is 5.32 Å². The summed E-state index contributed by atoms with van der Waals surface area (Å²) in [4.78, 5) is 20.1. The van der Waals surface area contributed by atoms with Crippen LogP contribution in [0.2, 0.25) is 5.15 Å². The van der Waals surface area contributed by atoms with Crippen molar-refractivity contribution in [1.29, 1.82) is 0 Å². The molecule has 0 aromatic carbocycles. The molecular formula is C11H13ClN4O. The summed E-state index contributed by atoms with van der Waals surface area (Å²) in [5.74, 6) is 2.55. The second kappa shape index (κ2) is 5.66. The van der Waals surface area contributed by atoms with E-state index in [0.29, 0.717) is 11.2 Å². The third kappa shape index (κ3) is 3.44. The number of carbonyl (C=O) groups excluding carboxylic acids is 1. The van der Waals surface area contributed by atoms with Gasteiger partial charge in [-0.25, -0.2) is 14.8 Å². The molecule has 1 aliphatic rings. The molecule has 0 radical (unpaired) electrons. The number of halogens is 1. The summed E-state index contributed by atoms with van der Waals surface area (Å²) < 4.78 is 0. The Morgan fingerprint density at radius 1 is 1.47 bits per heavy atom. The van der Waals surface area contributed by atoms with E-state index in [1.54, 1.807) is 12.0 Å². The Kier molecular flexibility index (Phi) is 3.96. The number of hydrogen-bond acceptors (Lipinski definition) is 5. The quantitative estimate of drug-likeness (QED) is 0.650. The summed E-state index contributed by atoms with van der Waals surface area (Å²) in [6, 6.07) is 2.07. The van der Waals surface area contributed by atoms with Crippen LogP contribution in [-0.2, 0) is 4.79 Å². The lowest BCUT2D eigenvalue weighted by Crippen LogP contribution is -2.36. The maximum absolute atomic E-state index is 10.2. The standard InChI is InChI=1S/C11H13ClN4O/c12-10-7-11(14-8-13-10)15-9-1-3-16(4-2-9)5-6-17/h5,7-9H,1-4H2,(H,13,14,15). The topological polar surface area (TPSA) is 58.1 Å². The smallest absolute Gasteiger partial charge is 0.142 e. The van der Waals surface area contributed by atoms with Gasteiger partial charge in [-0.15, -0.1) is 0 Å². The Morgan fingerprint density at radius 3 is 2.88 bits per heavy atom. The SMILES string of the molecule is O=C=CN1CCC(Nc2cc(Cl)ncn2)CC1. The molecule has 1 saturated heterocycles. The molecule has 17 heavy (non-hydrogen) atoms. The van der Waals surface area contributed by atoms with E-state index in [1.807, 2.05) is 4.90 Å². The zero-order chi connectivity index (χ0) is 12.1. The number of piperidine rings is 1. The first kappa shape index (κ1) is 11.9. The van der Waals surface area contributed by atoms with Gasteiger partial charge < -0.3 is 10.2 Å².